The van der Waals surface area contributed by atoms with E-state index >= 15 is 0 Å². The molecule has 4 aromatic carbocycles. The molecule has 2 nitrogen and oxygen atoms in total. The largest absolute Gasteiger partial charge is 0.338 e. The molecule has 4 aromatic rings. The van der Waals surface area contributed by atoms with Crippen molar-refractivity contribution >= 4 is 68.9 Å². The Labute approximate surface area is 211 Å². The van der Waals surface area contributed by atoms with Gasteiger partial charge in [-0.05, 0) is 89.7 Å². The molecule has 0 N–H and O–H groups in total. The molecule has 32 heavy (non-hydrogen) atoms. The molecule has 2 aliphatic rings. The van der Waals surface area contributed by atoms with Gasteiger partial charge in [0.1, 0.15) is 0 Å². The number of aryl methyl sites for hydroxylation is 1. The van der Waals surface area contributed by atoms with E-state index in [1.807, 2.05) is 23.5 Å². The van der Waals surface area contributed by atoms with E-state index < -0.39 is 0 Å². The van der Waals surface area contributed by atoms with Gasteiger partial charge in [0.05, 0.1) is 22.7 Å². The number of hydrogen-bond donors (Lipinski definition) is 0. The van der Waals surface area contributed by atoms with Gasteiger partial charge in [0.15, 0.2) is 0 Å². The van der Waals surface area contributed by atoms with Gasteiger partial charge in [-0.3, -0.25) is 0 Å². The van der Waals surface area contributed by atoms with Crippen LogP contribution in [0, 0.1) is 10.5 Å². The molecule has 6 rings (SSSR count). The highest BCUT2D eigenvalue weighted by atomic mass is 127. The van der Waals surface area contributed by atoms with Crippen LogP contribution in [0.1, 0.15) is 5.56 Å². The summed E-state index contributed by atoms with van der Waals surface area (Å²) in [6.07, 6.45) is 0. The van der Waals surface area contributed by atoms with Crippen molar-refractivity contribution < 1.29 is 0 Å². The van der Waals surface area contributed by atoms with E-state index in [0.29, 0.717) is 0 Å². The second-order valence-electron chi connectivity index (χ2n) is 8.03. The minimum Gasteiger partial charge on any atom is -0.338 e. The summed E-state index contributed by atoms with van der Waals surface area (Å²) >= 11 is 6.17. The molecule has 0 amide bonds. The number of hydrogen-bond acceptors (Lipinski definition) is 4. The number of nitrogens with zero attached hydrogens (tertiary/aromatic N) is 2. The Morgan fingerprint density at radius 2 is 1.09 bits per heavy atom. The topological polar surface area (TPSA) is 6.48 Å². The summed E-state index contributed by atoms with van der Waals surface area (Å²) in [6, 6.07) is 31.2. The molecular weight excluding hydrogens is 543 g/mol. The van der Waals surface area contributed by atoms with Gasteiger partial charge in [-0.25, -0.2) is 0 Å². The van der Waals surface area contributed by atoms with Gasteiger partial charge in [-0.15, -0.1) is 0 Å². The Kier molecular flexibility index (Phi) is 5.36. The van der Waals surface area contributed by atoms with E-state index in [1.54, 1.807) is 0 Å². The summed E-state index contributed by atoms with van der Waals surface area (Å²) in [5.74, 6) is 0. The van der Waals surface area contributed by atoms with Crippen LogP contribution in [-0.2, 0) is 0 Å². The SMILES string of the molecule is Cc1ccc2c(c1)Sc1ccccc1N2CCN1c2ccccc2Sc2cc(I)ccc21. The zero-order valence-electron chi connectivity index (χ0n) is 17.6. The maximum Gasteiger partial charge on any atom is 0.0554 e. The smallest absolute Gasteiger partial charge is 0.0554 e. The number of rotatable bonds is 3. The van der Waals surface area contributed by atoms with Crippen LogP contribution in [0.4, 0.5) is 22.7 Å². The Balaban J connectivity index is 1.39. The Morgan fingerprint density at radius 1 is 0.594 bits per heavy atom. The molecule has 2 heterocycles. The number of benzene rings is 4. The van der Waals surface area contributed by atoms with Crippen LogP contribution in [0.15, 0.2) is 105 Å². The Morgan fingerprint density at radius 3 is 1.72 bits per heavy atom. The molecule has 0 spiro atoms. The van der Waals surface area contributed by atoms with Gasteiger partial charge < -0.3 is 9.80 Å². The molecule has 0 saturated heterocycles. The lowest BCUT2D eigenvalue weighted by Gasteiger charge is -2.37. The van der Waals surface area contributed by atoms with Crippen molar-refractivity contribution in [3.8, 4) is 0 Å². The first-order valence-corrected chi connectivity index (χ1v) is 13.4. The van der Waals surface area contributed by atoms with Crippen LogP contribution in [0.3, 0.4) is 0 Å². The highest BCUT2D eigenvalue weighted by Gasteiger charge is 2.27. The predicted octanol–water partition coefficient (Wildman–Crippen LogP) is 8.51. The molecule has 0 radical (unpaired) electrons. The fourth-order valence-corrected chi connectivity index (χ4v) is 7.46. The lowest BCUT2D eigenvalue weighted by atomic mass is 10.1. The highest BCUT2D eigenvalue weighted by Crippen LogP contribution is 2.50. The summed E-state index contributed by atoms with van der Waals surface area (Å²) in [6.45, 7) is 4.00. The van der Waals surface area contributed by atoms with E-state index in [4.69, 9.17) is 0 Å². The molecule has 0 aromatic heterocycles. The fraction of sp³-hybridized carbons (Fsp3) is 0.111. The number of anilines is 4. The van der Waals surface area contributed by atoms with Crippen LogP contribution in [0.2, 0.25) is 0 Å². The van der Waals surface area contributed by atoms with Crippen LogP contribution in [0.5, 0.6) is 0 Å². The zero-order chi connectivity index (χ0) is 21.7. The standard InChI is InChI=1S/C27H21IN2S2/c1-18-10-12-22-26(16-18)31-24-8-4-2-6-20(24)29(22)14-15-30-21-7-3-5-9-25(21)32-27-17-19(28)11-13-23(27)30/h2-13,16-17H,14-15H2,1H3. The summed E-state index contributed by atoms with van der Waals surface area (Å²) in [4.78, 5) is 10.3. The van der Waals surface area contributed by atoms with Crippen molar-refractivity contribution in [1.29, 1.82) is 0 Å². The zero-order valence-corrected chi connectivity index (χ0v) is 21.4. The number of halogens is 1. The van der Waals surface area contributed by atoms with Crippen LogP contribution in [-0.4, -0.2) is 13.1 Å². The van der Waals surface area contributed by atoms with Gasteiger partial charge >= 0.3 is 0 Å². The molecule has 0 atom stereocenters. The van der Waals surface area contributed by atoms with Crippen LogP contribution in [0.25, 0.3) is 0 Å². The molecule has 2 aliphatic heterocycles. The van der Waals surface area contributed by atoms with E-state index in [1.165, 1.54) is 51.5 Å². The second-order valence-corrected chi connectivity index (χ2v) is 11.4. The minimum atomic E-state index is 0.914. The van der Waals surface area contributed by atoms with Crippen molar-refractivity contribution in [3.63, 3.8) is 0 Å². The van der Waals surface area contributed by atoms with E-state index in [9.17, 15) is 0 Å². The third-order valence-electron chi connectivity index (χ3n) is 5.92. The molecule has 0 aliphatic carbocycles. The Bertz CT molecular complexity index is 1230. The van der Waals surface area contributed by atoms with Gasteiger partial charge in [0.2, 0.25) is 0 Å². The van der Waals surface area contributed by atoms with Gasteiger partial charge in [0, 0.05) is 36.2 Å². The number of para-hydroxylation sites is 2. The molecule has 0 unspecified atom stereocenters. The van der Waals surface area contributed by atoms with E-state index in [0.717, 1.165) is 13.1 Å². The molecule has 158 valence electrons. The van der Waals surface area contributed by atoms with E-state index in [-0.39, 0.29) is 0 Å². The second kappa shape index (κ2) is 8.36. The van der Waals surface area contributed by atoms with Crippen LogP contribution >= 0.6 is 46.1 Å². The maximum atomic E-state index is 2.50. The van der Waals surface area contributed by atoms with Crippen molar-refractivity contribution in [2.45, 2.75) is 26.5 Å². The first-order chi connectivity index (χ1) is 15.7. The van der Waals surface area contributed by atoms with Gasteiger partial charge in [-0.2, -0.15) is 0 Å². The summed E-state index contributed by atoms with van der Waals surface area (Å²) in [5.41, 5.74) is 6.52. The monoisotopic (exact) mass is 564 g/mol. The minimum absolute atomic E-state index is 0.914. The van der Waals surface area contributed by atoms with Crippen LogP contribution < -0.4 is 9.80 Å². The van der Waals surface area contributed by atoms with E-state index in [2.05, 4.69) is 124 Å². The average Bonchev–Trinajstić information content (AvgIpc) is 2.80. The lowest BCUT2D eigenvalue weighted by molar-refractivity contribution is 0.854. The highest BCUT2D eigenvalue weighted by molar-refractivity contribution is 14.1. The van der Waals surface area contributed by atoms with Crippen molar-refractivity contribution in [2.24, 2.45) is 0 Å². The molecule has 0 fully saturated rings. The summed E-state index contributed by atoms with van der Waals surface area (Å²) in [7, 11) is 0. The number of fused-ring (bicyclic) bond motifs is 4. The van der Waals surface area contributed by atoms with Gasteiger partial charge in [0.25, 0.3) is 0 Å². The molecular formula is C27H21IN2S2. The third-order valence-corrected chi connectivity index (χ3v) is 8.81. The lowest BCUT2D eigenvalue weighted by Crippen LogP contribution is -2.32. The normalized spacial score (nSPS) is 13.8. The summed E-state index contributed by atoms with van der Waals surface area (Å²) in [5, 5.41) is 0. The maximum absolute atomic E-state index is 2.50. The van der Waals surface area contributed by atoms with Crippen molar-refractivity contribution in [2.75, 3.05) is 22.9 Å². The molecule has 5 heteroatoms. The Hall–Kier alpha value is -2.09. The quantitative estimate of drug-likeness (QED) is 0.230. The summed E-state index contributed by atoms with van der Waals surface area (Å²) < 4.78 is 1.28. The van der Waals surface area contributed by atoms with Gasteiger partial charge in [-0.1, -0.05) is 53.9 Å². The first-order valence-electron chi connectivity index (χ1n) is 10.7. The molecule has 0 saturated carbocycles. The fourth-order valence-electron chi connectivity index (χ4n) is 4.43. The van der Waals surface area contributed by atoms with Crippen molar-refractivity contribution in [3.05, 3.63) is 94.1 Å². The average molecular weight is 565 g/mol. The first kappa shape index (κ1) is 20.5. The molecule has 0 bridgehead atoms. The predicted molar refractivity (Wildman–Crippen MR) is 145 cm³/mol. The third kappa shape index (κ3) is 3.60. The van der Waals surface area contributed by atoms with Crippen molar-refractivity contribution in [1.82, 2.24) is 0 Å².